The molecule has 5 nitrogen and oxygen atoms in total. The molecular weight excluding hydrogens is 438 g/mol. The third-order valence-corrected chi connectivity index (χ3v) is 7.76. The molecule has 1 heterocycles. The van der Waals surface area contributed by atoms with Gasteiger partial charge >= 0.3 is 5.97 Å². The Kier molecular flexibility index (Phi) is 6.69. The molecule has 0 radical (unpaired) electrons. The van der Waals surface area contributed by atoms with E-state index in [-0.39, 0.29) is 22.1 Å². The van der Waals surface area contributed by atoms with Crippen LogP contribution in [0.25, 0.3) is 11.6 Å². The first-order valence-electron chi connectivity index (χ1n) is 12.4. The van der Waals surface area contributed by atoms with Gasteiger partial charge < -0.3 is 20.2 Å². The summed E-state index contributed by atoms with van der Waals surface area (Å²) in [5.41, 5.74) is 6.78. The summed E-state index contributed by atoms with van der Waals surface area (Å²) in [6.07, 6.45) is 8.14. The van der Waals surface area contributed by atoms with Crippen molar-refractivity contribution in [3.8, 4) is 5.75 Å². The van der Waals surface area contributed by atoms with E-state index in [1.807, 2.05) is 0 Å². The Bertz CT molecular complexity index is 1210. The second kappa shape index (κ2) is 9.29. The van der Waals surface area contributed by atoms with Crippen LogP contribution in [-0.2, 0) is 10.8 Å². The molecule has 0 amide bonds. The highest BCUT2D eigenvalue weighted by Gasteiger charge is 2.39. The van der Waals surface area contributed by atoms with Crippen LogP contribution < -0.4 is 0 Å². The molecule has 2 aliphatic rings. The number of carbonyl (C=O) groups is 1. The predicted octanol–water partition coefficient (Wildman–Crippen LogP) is 5.91. The molecule has 3 N–H and O–H groups in total. The lowest BCUT2D eigenvalue weighted by Gasteiger charge is -2.44. The van der Waals surface area contributed by atoms with Crippen molar-refractivity contribution in [3.05, 3.63) is 75.9 Å². The SMILES string of the molecule is CN1CC=C(c2cc(C(O)/C=C\c3ccc(C(=O)O)c(O)c3)cc3c2C(C)(C)CCC3(C)C)CC1. The Hall–Kier alpha value is -2.89. The number of hydrogen-bond acceptors (Lipinski definition) is 4. The molecule has 0 spiro atoms. The van der Waals surface area contributed by atoms with E-state index in [9.17, 15) is 15.0 Å². The molecular formula is C30H37NO4. The molecule has 1 aliphatic heterocycles. The van der Waals surface area contributed by atoms with E-state index in [2.05, 4.69) is 57.9 Å². The zero-order valence-corrected chi connectivity index (χ0v) is 21.4. The lowest BCUT2D eigenvalue weighted by atomic mass is 9.61. The van der Waals surface area contributed by atoms with Crippen molar-refractivity contribution in [1.82, 2.24) is 4.90 Å². The molecule has 4 rings (SSSR count). The molecule has 0 saturated carbocycles. The van der Waals surface area contributed by atoms with Crippen LogP contribution in [0.2, 0.25) is 0 Å². The van der Waals surface area contributed by atoms with Crippen molar-refractivity contribution in [3.63, 3.8) is 0 Å². The minimum Gasteiger partial charge on any atom is -0.507 e. The number of fused-ring (bicyclic) bond motifs is 1. The van der Waals surface area contributed by atoms with Crippen molar-refractivity contribution >= 4 is 17.6 Å². The maximum absolute atomic E-state index is 11.2. The normalized spacial score (nSPS) is 20.3. The van der Waals surface area contributed by atoms with Gasteiger partial charge in [0.1, 0.15) is 11.3 Å². The van der Waals surface area contributed by atoms with E-state index in [0.717, 1.165) is 37.9 Å². The maximum Gasteiger partial charge on any atom is 0.339 e. The maximum atomic E-state index is 11.2. The molecule has 2 aromatic carbocycles. The van der Waals surface area contributed by atoms with Crippen molar-refractivity contribution in [2.75, 3.05) is 20.1 Å². The Balaban J connectivity index is 1.77. The van der Waals surface area contributed by atoms with E-state index in [4.69, 9.17) is 5.11 Å². The largest absolute Gasteiger partial charge is 0.507 e. The van der Waals surface area contributed by atoms with Crippen molar-refractivity contribution in [2.45, 2.75) is 63.9 Å². The van der Waals surface area contributed by atoms with Crippen LogP contribution in [0, 0.1) is 0 Å². The summed E-state index contributed by atoms with van der Waals surface area (Å²) in [6.45, 7) is 11.2. The number of likely N-dealkylation sites (N-methyl/N-ethyl adjacent to an activating group) is 1. The molecule has 0 bridgehead atoms. The van der Waals surface area contributed by atoms with Crippen LogP contribution in [0.4, 0.5) is 0 Å². The zero-order valence-electron chi connectivity index (χ0n) is 21.4. The fourth-order valence-corrected chi connectivity index (χ4v) is 5.40. The average Bonchev–Trinajstić information content (AvgIpc) is 2.80. The molecule has 2 aromatic rings. The van der Waals surface area contributed by atoms with Crippen molar-refractivity contribution in [1.29, 1.82) is 0 Å². The standard InChI is InChI=1S/C30H37NO4/c1-29(2)12-13-30(3,4)27-23(20-10-14-31(5)15-11-20)17-21(18-24(27)29)25(32)9-7-19-6-8-22(28(34)35)26(33)16-19/h6-10,16-18,25,32-33H,11-15H2,1-5H3,(H,34,35)/b9-7-. The van der Waals surface area contributed by atoms with Gasteiger partial charge in [0.05, 0.1) is 6.10 Å². The van der Waals surface area contributed by atoms with Gasteiger partial charge in [-0.25, -0.2) is 4.79 Å². The second-order valence-electron chi connectivity index (χ2n) is 11.4. The van der Waals surface area contributed by atoms with Crippen LogP contribution in [0.1, 0.15) is 91.2 Å². The number of hydrogen-bond donors (Lipinski definition) is 3. The van der Waals surface area contributed by atoms with Gasteiger partial charge in [0, 0.05) is 13.1 Å². The number of phenols is 1. The molecule has 1 aliphatic carbocycles. The van der Waals surface area contributed by atoms with E-state index in [1.54, 1.807) is 18.2 Å². The summed E-state index contributed by atoms with van der Waals surface area (Å²) < 4.78 is 0. The molecule has 1 unspecified atom stereocenters. The number of benzene rings is 2. The number of aliphatic hydroxyl groups excluding tert-OH is 1. The van der Waals surface area contributed by atoms with Crippen LogP contribution >= 0.6 is 0 Å². The minimum absolute atomic E-state index is 0.0174. The second-order valence-corrected chi connectivity index (χ2v) is 11.4. The number of aromatic hydroxyl groups is 1. The summed E-state index contributed by atoms with van der Waals surface area (Å²) in [5, 5.41) is 30.3. The number of carboxylic acid groups (broad SMARTS) is 1. The Morgan fingerprint density at radius 3 is 2.43 bits per heavy atom. The number of carboxylic acids is 1. The zero-order chi connectivity index (χ0) is 25.5. The summed E-state index contributed by atoms with van der Waals surface area (Å²) >= 11 is 0. The van der Waals surface area contributed by atoms with Gasteiger partial charge in [-0.1, -0.05) is 58.1 Å². The van der Waals surface area contributed by atoms with Gasteiger partial charge in [-0.2, -0.15) is 0 Å². The molecule has 35 heavy (non-hydrogen) atoms. The van der Waals surface area contributed by atoms with Gasteiger partial charge in [0.2, 0.25) is 0 Å². The predicted molar refractivity (Wildman–Crippen MR) is 141 cm³/mol. The molecule has 5 heteroatoms. The van der Waals surface area contributed by atoms with E-state index < -0.39 is 12.1 Å². The summed E-state index contributed by atoms with van der Waals surface area (Å²) in [5.74, 6) is -1.46. The molecule has 0 saturated heterocycles. The Morgan fingerprint density at radius 1 is 1.09 bits per heavy atom. The Labute approximate surface area is 208 Å². The molecule has 1 atom stereocenters. The number of rotatable bonds is 5. The third-order valence-electron chi connectivity index (χ3n) is 7.76. The minimum atomic E-state index is -1.17. The highest BCUT2D eigenvalue weighted by atomic mass is 16.4. The van der Waals surface area contributed by atoms with E-state index >= 15 is 0 Å². The van der Waals surface area contributed by atoms with E-state index in [1.165, 1.54) is 34.4 Å². The highest BCUT2D eigenvalue weighted by Crippen LogP contribution is 2.49. The molecule has 186 valence electrons. The van der Waals surface area contributed by atoms with Gasteiger partial charge in [-0.15, -0.1) is 0 Å². The fourth-order valence-electron chi connectivity index (χ4n) is 5.40. The van der Waals surface area contributed by atoms with Gasteiger partial charge in [0.15, 0.2) is 0 Å². The van der Waals surface area contributed by atoms with Gasteiger partial charge in [0.25, 0.3) is 0 Å². The summed E-state index contributed by atoms with van der Waals surface area (Å²) in [6, 6.07) is 8.74. The number of aromatic carboxylic acids is 1. The third kappa shape index (κ3) is 5.07. The first kappa shape index (κ1) is 25.2. The summed E-state index contributed by atoms with van der Waals surface area (Å²) in [4.78, 5) is 13.5. The first-order chi connectivity index (χ1) is 16.4. The summed E-state index contributed by atoms with van der Waals surface area (Å²) in [7, 11) is 2.14. The van der Waals surface area contributed by atoms with Gasteiger partial charge in [-0.05, 0) is 88.7 Å². The lowest BCUT2D eigenvalue weighted by Crippen LogP contribution is -2.35. The van der Waals surface area contributed by atoms with Crippen LogP contribution in [0.15, 0.2) is 42.5 Å². The fraction of sp³-hybridized carbons (Fsp3) is 0.433. The topological polar surface area (TPSA) is 81.0 Å². The van der Waals surface area contributed by atoms with Crippen LogP contribution in [0.3, 0.4) is 0 Å². The Morgan fingerprint density at radius 2 is 1.80 bits per heavy atom. The first-order valence-corrected chi connectivity index (χ1v) is 12.4. The monoisotopic (exact) mass is 475 g/mol. The van der Waals surface area contributed by atoms with Crippen LogP contribution in [0.5, 0.6) is 5.75 Å². The molecule has 0 fully saturated rings. The van der Waals surface area contributed by atoms with E-state index in [0.29, 0.717) is 5.56 Å². The molecule has 0 aromatic heterocycles. The smallest absolute Gasteiger partial charge is 0.339 e. The van der Waals surface area contributed by atoms with Crippen LogP contribution in [-0.4, -0.2) is 46.3 Å². The quantitative estimate of drug-likeness (QED) is 0.501. The average molecular weight is 476 g/mol. The van der Waals surface area contributed by atoms with Gasteiger partial charge in [-0.3, -0.25) is 0 Å². The van der Waals surface area contributed by atoms with Crippen molar-refractivity contribution in [2.24, 2.45) is 0 Å². The number of nitrogens with zero attached hydrogens (tertiary/aromatic N) is 1. The number of aliphatic hydroxyl groups is 1. The van der Waals surface area contributed by atoms with Crippen molar-refractivity contribution < 1.29 is 20.1 Å². The lowest BCUT2D eigenvalue weighted by molar-refractivity contribution is 0.0693. The highest BCUT2D eigenvalue weighted by molar-refractivity contribution is 5.91.